The van der Waals surface area contributed by atoms with Crippen molar-refractivity contribution in [2.45, 2.75) is 17.6 Å². The van der Waals surface area contributed by atoms with Crippen molar-refractivity contribution in [3.63, 3.8) is 0 Å². The highest BCUT2D eigenvalue weighted by molar-refractivity contribution is 7.90. The molecule has 0 unspecified atom stereocenters. The number of hydrogen-bond donors (Lipinski definition) is 0. The van der Waals surface area contributed by atoms with Crippen LogP contribution in [0, 0.1) is 6.92 Å². The van der Waals surface area contributed by atoms with E-state index in [0.717, 1.165) is 5.56 Å². The maximum Gasteiger partial charge on any atom is 0.184 e. The lowest BCUT2D eigenvalue weighted by molar-refractivity contribution is 0.581. The lowest BCUT2D eigenvalue weighted by Crippen LogP contribution is -2.05. The van der Waals surface area contributed by atoms with Crippen LogP contribution in [0.1, 0.15) is 11.3 Å². The van der Waals surface area contributed by atoms with Gasteiger partial charge in [-0.1, -0.05) is 17.7 Å². The van der Waals surface area contributed by atoms with Crippen LogP contribution < -0.4 is 0 Å². The summed E-state index contributed by atoms with van der Waals surface area (Å²) in [4.78, 5) is 4.65. The van der Waals surface area contributed by atoms with Crippen LogP contribution in [0.25, 0.3) is 10.8 Å². The Morgan fingerprint density at radius 1 is 1.19 bits per heavy atom. The molecule has 108 valence electrons. The monoisotopic (exact) mass is 319 g/mol. The van der Waals surface area contributed by atoms with Crippen LogP contribution in [0.3, 0.4) is 0 Å². The van der Waals surface area contributed by atoms with Gasteiger partial charge >= 0.3 is 0 Å². The maximum absolute atomic E-state index is 12.3. The molecule has 0 bridgehead atoms. The predicted molar refractivity (Wildman–Crippen MR) is 81.9 cm³/mol. The highest BCUT2D eigenvalue weighted by Crippen LogP contribution is 2.26. The number of furan rings is 1. The van der Waals surface area contributed by atoms with Crippen LogP contribution in [-0.4, -0.2) is 13.4 Å². The fourth-order valence-corrected chi connectivity index (χ4v) is 4.06. The largest absolute Gasteiger partial charge is 0.462 e. The fourth-order valence-electron chi connectivity index (χ4n) is 1.91. The number of rotatable bonds is 4. The first-order valence-electron chi connectivity index (χ1n) is 6.32. The summed E-state index contributed by atoms with van der Waals surface area (Å²) < 4.78 is 30.0. The summed E-state index contributed by atoms with van der Waals surface area (Å²) in [6.45, 7) is 1.92. The summed E-state index contributed by atoms with van der Waals surface area (Å²) in [7, 11) is -3.37. The van der Waals surface area contributed by atoms with Gasteiger partial charge in [-0.05, 0) is 31.2 Å². The first-order valence-corrected chi connectivity index (χ1v) is 8.85. The summed E-state index contributed by atoms with van der Waals surface area (Å²) in [6, 6.07) is 10.4. The minimum atomic E-state index is -3.37. The van der Waals surface area contributed by atoms with Gasteiger partial charge in [0, 0.05) is 5.38 Å². The number of benzene rings is 1. The number of aryl methyl sites for hydroxylation is 1. The lowest BCUT2D eigenvalue weighted by atomic mass is 10.2. The summed E-state index contributed by atoms with van der Waals surface area (Å²) in [6.07, 6.45) is 1.57. The molecule has 0 aliphatic heterocycles. The van der Waals surface area contributed by atoms with Gasteiger partial charge in [0.25, 0.3) is 0 Å². The van der Waals surface area contributed by atoms with Gasteiger partial charge in [-0.2, -0.15) is 0 Å². The summed E-state index contributed by atoms with van der Waals surface area (Å²) in [5.74, 6) is 0.548. The van der Waals surface area contributed by atoms with E-state index in [1.54, 1.807) is 48.0 Å². The van der Waals surface area contributed by atoms with Gasteiger partial charge in [-0.15, -0.1) is 11.3 Å². The zero-order chi connectivity index (χ0) is 14.9. The van der Waals surface area contributed by atoms with Crippen LogP contribution in [0.15, 0.2) is 57.4 Å². The van der Waals surface area contributed by atoms with Crippen molar-refractivity contribution in [2.75, 3.05) is 0 Å². The number of nitrogens with zero attached hydrogens (tertiary/aromatic N) is 1. The molecule has 21 heavy (non-hydrogen) atoms. The Kier molecular flexibility index (Phi) is 3.65. The van der Waals surface area contributed by atoms with E-state index in [2.05, 4.69) is 4.98 Å². The second kappa shape index (κ2) is 5.46. The fraction of sp³-hybridized carbons (Fsp3) is 0.133. The topological polar surface area (TPSA) is 60.2 Å². The predicted octanol–water partition coefficient (Wildman–Crippen LogP) is 3.69. The van der Waals surface area contributed by atoms with Gasteiger partial charge in [-0.25, -0.2) is 13.4 Å². The van der Waals surface area contributed by atoms with Crippen molar-refractivity contribution < 1.29 is 12.8 Å². The van der Waals surface area contributed by atoms with Crippen LogP contribution >= 0.6 is 11.3 Å². The van der Waals surface area contributed by atoms with Crippen molar-refractivity contribution in [3.05, 3.63) is 59.3 Å². The highest BCUT2D eigenvalue weighted by atomic mass is 32.2. The molecule has 0 fully saturated rings. The minimum Gasteiger partial charge on any atom is -0.462 e. The molecule has 2 heterocycles. The van der Waals surface area contributed by atoms with Crippen molar-refractivity contribution in [3.8, 4) is 10.8 Å². The molecule has 0 spiro atoms. The van der Waals surface area contributed by atoms with Gasteiger partial charge in [0.2, 0.25) is 0 Å². The van der Waals surface area contributed by atoms with E-state index in [-0.39, 0.29) is 5.75 Å². The molecule has 3 rings (SSSR count). The van der Waals surface area contributed by atoms with Crippen molar-refractivity contribution in [2.24, 2.45) is 0 Å². The average molecular weight is 319 g/mol. The molecule has 4 nitrogen and oxygen atoms in total. The van der Waals surface area contributed by atoms with E-state index in [1.807, 2.05) is 6.92 Å². The molecule has 2 aromatic heterocycles. The molecule has 0 radical (unpaired) electrons. The van der Waals surface area contributed by atoms with E-state index in [4.69, 9.17) is 4.42 Å². The summed E-state index contributed by atoms with van der Waals surface area (Å²) >= 11 is 1.38. The Morgan fingerprint density at radius 2 is 1.95 bits per heavy atom. The molecule has 6 heteroatoms. The van der Waals surface area contributed by atoms with Gasteiger partial charge in [0.05, 0.1) is 22.6 Å². The Bertz CT molecular complexity index is 831. The SMILES string of the molecule is Cc1ccc(S(=O)(=O)Cc2csc(-c3ccco3)n2)cc1. The third-order valence-corrected chi connectivity index (χ3v) is 5.57. The Balaban J connectivity index is 1.84. The van der Waals surface area contributed by atoms with E-state index < -0.39 is 9.84 Å². The van der Waals surface area contributed by atoms with Crippen molar-refractivity contribution in [1.82, 2.24) is 4.98 Å². The Labute approximate surface area is 127 Å². The van der Waals surface area contributed by atoms with E-state index >= 15 is 0 Å². The zero-order valence-electron chi connectivity index (χ0n) is 11.3. The minimum absolute atomic E-state index is 0.104. The van der Waals surface area contributed by atoms with Crippen LogP contribution in [0.4, 0.5) is 0 Å². The average Bonchev–Trinajstić information content (AvgIpc) is 3.09. The van der Waals surface area contributed by atoms with Gasteiger partial charge < -0.3 is 4.42 Å². The summed E-state index contributed by atoms with van der Waals surface area (Å²) in [5, 5.41) is 2.44. The normalized spacial score (nSPS) is 11.7. The molecule has 0 saturated carbocycles. The highest BCUT2D eigenvalue weighted by Gasteiger charge is 2.18. The van der Waals surface area contributed by atoms with E-state index in [0.29, 0.717) is 21.4 Å². The molecule has 0 N–H and O–H groups in total. The first-order chi connectivity index (χ1) is 10.0. The summed E-state index contributed by atoms with van der Waals surface area (Å²) in [5.41, 5.74) is 1.56. The maximum atomic E-state index is 12.3. The number of hydrogen-bond acceptors (Lipinski definition) is 5. The van der Waals surface area contributed by atoms with Gasteiger partial charge in [0.15, 0.2) is 20.6 Å². The number of thiazole rings is 1. The number of sulfone groups is 1. The molecule has 0 amide bonds. The van der Waals surface area contributed by atoms with Gasteiger partial charge in [-0.3, -0.25) is 0 Å². The lowest BCUT2D eigenvalue weighted by Gasteiger charge is -2.02. The smallest absolute Gasteiger partial charge is 0.184 e. The Hall–Kier alpha value is -1.92. The first kappa shape index (κ1) is 14.0. The van der Waals surface area contributed by atoms with Crippen LogP contribution in [-0.2, 0) is 15.6 Å². The molecule has 0 aliphatic rings. The van der Waals surface area contributed by atoms with Crippen LogP contribution in [0.2, 0.25) is 0 Å². The quantitative estimate of drug-likeness (QED) is 0.736. The van der Waals surface area contributed by atoms with E-state index in [1.165, 1.54) is 11.3 Å². The number of aromatic nitrogens is 1. The second-order valence-electron chi connectivity index (χ2n) is 4.69. The molecule has 0 saturated heterocycles. The van der Waals surface area contributed by atoms with Crippen molar-refractivity contribution >= 4 is 21.2 Å². The second-order valence-corrected chi connectivity index (χ2v) is 7.54. The van der Waals surface area contributed by atoms with E-state index in [9.17, 15) is 8.42 Å². The molecular formula is C15H13NO3S2. The molecule has 0 aliphatic carbocycles. The molecular weight excluding hydrogens is 306 g/mol. The molecule has 1 aromatic carbocycles. The Morgan fingerprint density at radius 3 is 2.62 bits per heavy atom. The molecule has 3 aromatic rings. The standard InChI is InChI=1S/C15H13NO3S2/c1-11-4-6-13(7-5-11)21(17,18)10-12-9-20-15(16-12)14-3-2-8-19-14/h2-9H,10H2,1H3. The van der Waals surface area contributed by atoms with Crippen molar-refractivity contribution in [1.29, 1.82) is 0 Å². The van der Waals surface area contributed by atoms with Gasteiger partial charge in [0.1, 0.15) is 0 Å². The third kappa shape index (κ3) is 3.06. The third-order valence-electron chi connectivity index (χ3n) is 3.00. The van der Waals surface area contributed by atoms with Crippen LogP contribution in [0.5, 0.6) is 0 Å². The zero-order valence-corrected chi connectivity index (χ0v) is 12.9. The molecule has 0 atom stereocenters.